The van der Waals surface area contributed by atoms with Gasteiger partial charge in [0, 0.05) is 19.3 Å². The Morgan fingerprint density at radius 3 is 1.57 bits per heavy atom. The van der Waals surface area contributed by atoms with Gasteiger partial charge in [-0.3, -0.25) is 4.79 Å². The molecule has 0 spiro atoms. The third-order valence-corrected chi connectivity index (χ3v) is 6.41. The Labute approximate surface area is 230 Å². The Balaban J connectivity index is -0.000000296. The number of carbonyl (C=O) groups excluding carboxylic acids is 1. The molecule has 1 aliphatic heterocycles. The Morgan fingerprint density at radius 1 is 0.919 bits per heavy atom. The lowest BCUT2D eigenvalue weighted by atomic mass is 9.78. The van der Waals surface area contributed by atoms with Crippen LogP contribution in [0, 0.1) is 0 Å². The number of quaternary nitrogens is 1. The van der Waals surface area contributed by atoms with Crippen molar-refractivity contribution < 1.29 is 30.0 Å². The van der Waals surface area contributed by atoms with Gasteiger partial charge < -0.3 is 14.9 Å². The van der Waals surface area contributed by atoms with E-state index in [2.05, 4.69) is 41.5 Å². The number of aryl methyl sites for hydroxylation is 1. The van der Waals surface area contributed by atoms with E-state index in [0.717, 1.165) is 16.7 Å². The molecular weight excluding hydrogens is 466 g/mol. The number of esters is 1. The Morgan fingerprint density at radius 2 is 1.27 bits per heavy atom. The van der Waals surface area contributed by atoms with Gasteiger partial charge in [-0.15, -0.1) is 0 Å². The van der Waals surface area contributed by atoms with E-state index < -0.39 is 0 Å². The molecule has 1 aromatic carbocycles. The summed E-state index contributed by atoms with van der Waals surface area (Å²) in [6.07, 6.45) is 2.05. The molecule has 6 nitrogen and oxygen atoms in total. The van der Waals surface area contributed by atoms with E-state index in [9.17, 15) is 20.2 Å². The summed E-state index contributed by atoms with van der Waals surface area (Å²) in [5.41, 5.74) is 2.15. The molecule has 0 radical (unpaired) electrons. The predicted molar refractivity (Wildman–Crippen MR) is 159 cm³/mol. The molecule has 222 valence electrons. The molecular formula is C31H64NO5+. The molecule has 2 rings (SSSR count). The van der Waals surface area contributed by atoms with Gasteiger partial charge in [-0.2, -0.15) is 5.06 Å². The van der Waals surface area contributed by atoms with E-state index in [1.54, 1.807) is 0 Å². The number of nitrogens with one attached hydrogen (secondary N) is 1. The number of methoxy groups -OCH3 is 1. The number of hydroxylamine groups is 2. The SMILES string of the molecule is C.C.C.C.CC1(C)CC(O)CC(C)(C)[NH+]1O.COC(=O)CCc1cc(C(C)(C)C)c(O)c(C(C)(C)C)c1. The van der Waals surface area contributed by atoms with Crippen LogP contribution in [0.25, 0.3) is 0 Å². The van der Waals surface area contributed by atoms with Gasteiger partial charge in [0.2, 0.25) is 0 Å². The maximum absolute atomic E-state index is 11.3. The van der Waals surface area contributed by atoms with Crippen molar-refractivity contribution in [2.45, 2.75) is 153 Å². The maximum Gasteiger partial charge on any atom is 0.305 e. The first-order chi connectivity index (χ1) is 14.7. The minimum Gasteiger partial charge on any atom is -0.507 e. The molecule has 0 amide bonds. The number of rotatable bonds is 3. The van der Waals surface area contributed by atoms with Crippen LogP contribution in [0.15, 0.2) is 12.1 Å². The van der Waals surface area contributed by atoms with Crippen molar-refractivity contribution in [3.63, 3.8) is 0 Å². The third kappa shape index (κ3) is 11.7. The van der Waals surface area contributed by atoms with E-state index in [1.165, 1.54) is 7.11 Å². The van der Waals surface area contributed by atoms with Gasteiger partial charge in [0.25, 0.3) is 0 Å². The quantitative estimate of drug-likeness (QED) is 0.330. The maximum atomic E-state index is 11.3. The smallest absolute Gasteiger partial charge is 0.305 e. The van der Waals surface area contributed by atoms with Crippen LogP contribution < -0.4 is 5.06 Å². The third-order valence-electron chi connectivity index (χ3n) is 6.41. The molecule has 6 heteroatoms. The average molecular weight is 531 g/mol. The highest BCUT2D eigenvalue weighted by Gasteiger charge is 2.49. The van der Waals surface area contributed by atoms with Crippen LogP contribution in [-0.2, 0) is 26.8 Å². The molecule has 0 aliphatic carbocycles. The van der Waals surface area contributed by atoms with E-state index in [0.29, 0.717) is 36.5 Å². The van der Waals surface area contributed by atoms with Crippen molar-refractivity contribution in [2.75, 3.05) is 7.11 Å². The number of aliphatic hydroxyl groups is 1. The molecule has 0 saturated carbocycles. The Hall–Kier alpha value is -1.63. The second-order valence-corrected chi connectivity index (χ2v) is 12.8. The lowest BCUT2D eigenvalue weighted by molar-refractivity contribution is -1.16. The number of hydrogen-bond donors (Lipinski definition) is 4. The fourth-order valence-electron chi connectivity index (χ4n) is 4.69. The molecule has 1 heterocycles. The van der Waals surface area contributed by atoms with Crippen molar-refractivity contribution in [1.29, 1.82) is 0 Å². The van der Waals surface area contributed by atoms with Gasteiger partial charge >= 0.3 is 5.97 Å². The number of phenolic OH excluding ortho intramolecular Hbond substituents is 1. The van der Waals surface area contributed by atoms with Gasteiger partial charge in [-0.05, 0) is 61.6 Å². The summed E-state index contributed by atoms with van der Waals surface area (Å²) in [6.45, 7) is 20.4. The van der Waals surface area contributed by atoms with Crippen LogP contribution >= 0.6 is 0 Å². The predicted octanol–water partition coefficient (Wildman–Crippen LogP) is 6.61. The number of aliphatic hydroxyl groups excluding tert-OH is 1. The lowest BCUT2D eigenvalue weighted by Gasteiger charge is -2.45. The average Bonchev–Trinajstić information content (AvgIpc) is 2.62. The van der Waals surface area contributed by atoms with Gasteiger partial charge in [-0.25, -0.2) is 5.21 Å². The number of ether oxygens (including phenoxy) is 1. The number of hydrogen-bond acceptors (Lipinski definition) is 5. The number of piperidine rings is 1. The number of phenols is 1. The zero-order chi connectivity index (χ0) is 26.0. The van der Waals surface area contributed by atoms with Crippen LogP contribution in [0.5, 0.6) is 5.75 Å². The standard InChI is InChI=1S/C18H28O3.C9H19NO2.4CH4/c1-17(2,3)13-10-12(8-9-15(19)21-7)11-14(16(13)20)18(4,5)6;1-8(2)5-7(11)6-9(3,4)10(8)12;;;;/h10-11,20H,8-9H2,1-7H3;7,11-12H,5-6H2,1-4H3;4*1H4/p+1. The first-order valence-corrected chi connectivity index (χ1v) is 11.9. The van der Waals surface area contributed by atoms with E-state index in [4.69, 9.17) is 4.74 Å². The normalized spacial score (nSPS) is 19.8. The summed E-state index contributed by atoms with van der Waals surface area (Å²) in [7, 11) is 1.40. The van der Waals surface area contributed by atoms with Crippen molar-refractivity contribution in [2.24, 2.45) is 0 Å². The largest absolute Gasteiger partial charge is 0.507 e. The van der Waals surface area contributed by atoms with Crippen LogP contribution in [0.2, 0.25) is 0 Å². The van der Waals surface area contributed by atoms with Crippen molar-refractivity contribution in [3.8, 4) is 5.75 Å². The van der Waals surface area contributed by atoms with E-state index in [-0.39, 0.29) is 63.7 Å². The summed E-state index contributed by atoms with van der Waals surface area (Å²) in [6, 6.07) is 4.01. The number of aromatic hydroxyl groups is 1. The van der Waals surface area contributed by atoms with Crippen molar-refractivity contribution >= 4 is 5.97 Å². The molecule has 0 bridgehead atoms. The van der Waals surface area contributed by atoms with Gasteiger partial charge in [0.05, 0.1) is 13.2 Å². The molecule has 0 unspecified atom stereocenters. The highest BCUT2D eigenvalue weighted by atomic mass is 16.5. The monoisotopic (exact) mass is 530 g/mol. The van der Waals surface area contributed by atoms with Crippen LogP contribution in [0.1, 0.15) is 135 Å². The summed E-state index contributed by atoms with van der Waals surface area (Å²) in [5, 5.41) is 30.6. The molecule has 1 aliphatic rings. The fourth-order valence-corrected chi connectivity index (χ4v) is 4.69. The van der Waals surface area contributed by atoms with Gasteiger partial charge in [0.15, 0.2) is 0 Å². The summed E-state index contributed by atoms with van der Waals surface area (Å²) in [4.78, 5) is 11.3. The summed E-state index contributed by atoms with van der Waals surface area (Å²) < 4.78 is 4.70. The summed E-state index contributed by atoms with van der Waals surface area (Å²) in [5.74, 6) is 0.162. The molecule has 1 saturated heterocycles. The topological polar surface area (TPSA) is 91.4 Å². The zero-order valence-electron chi connectivity index (χ0n) is 22.7. The van der Waals surface area contributed by atoms with E-state index in [1.807, 2.05) is 39.8 Å². The molecule has 1 fully saturated rings. The molecule has 1 aromatic rings. The fraction of sp³-hybridized carbons (Fsp3) is 0.774. The molecule has 0 aromatic heterocycles. The zero-order valence-corrected chi connectivity index (χ0v) is 22.7. The highest BCUT2D eigenvalue weighted by Crippen LogP contribution is 2.40. The number of carbonyl (C=O) groups is 1. The van der Waals surface area contributed by atoms with Gasteiger partial charge in [-0.1, -0.05) is 83.4 Å². The first kappa shape index (κ1) is 42.5. The second kappa shape index (κ2) is 15.1. The Bertz CT molecular complexity index is 763. The minimum atomic E-state index is -0.272. The number of benzene rings is 1. The first-order valence-electron chi connectivity index (χ1n) is 11.9. The van der Waals surface area contributed by atoms with Crippen LogP contribution in [0.3, 0.4) is 0 Å². The summed E-state index contributed by atoms with van der Waals surface area (Å²) >= 11 is 0. The van der Waals surface area contributed by atoms with Crippen LogP contribution in [0.4, 0.5) is 0 Å². The Kier molecular flexibility index (Phi) is 17.3. The van der Waals surface area contributed by atoms with E-state index >= 15 is 0 Å². The molecule has 4 N–H and O–H groups in total. The highest BCUT2D eigenvalue weighted by molar-refractivity contribution is 5.69. The molecule has 37 heavy (non-hydrogen) atoms. The minimum absolute atomic E-state index is 0. The van der Waals surface area contributed by atoms with Crippen LogP contribution in [-0.4, -0.2) is 45.7 Å². The molecule has 0 atom stereocenters. The second-order valence-electron chi connectivity index (χ2n) is 12.8. The van der Waals surface area contributed by atoms with Crippen molar-refractivity contribution in [1.82, 2.24) is 0 Å². The van der Waals surface area contributed by atoms with Crippen molar-refractivity contribution in [3.05, 3.63) is 28.8 Å². The lowest BCUT2D eigenvalue weighted by Crippen LogP contribution is -3.25. The van der Waals surface area contributed by atoms with Gasteiger partial charge in [0.1, 0.15) is 16.8 Å².